The van der Waals surface area contributed by atoms with Crippen LogP contribution in [0.4, 0.5) is 4.79 Å². The van der Waals surface area contributed by atoms with Crippen LogP contribution in [-0.4, -0.2) is 33.3 Å². The van der Waals surface area contributed by atoms with Gasteiger partial charge in [0.1, 0.15) is 4.21 Å². The van der Waals surface area contributed by atoms with E-state index >= 15 is 0 Å². The van der Waals surface area contributed by atoms with Gasteiger partial charge in [0.2, 0.25) is 0 Å². The minimum atomic E-state index is -3.74. The van der Waals surface area contributed by atoms with Crippen LogP contribution in [0.3, 0.4) is 0 Å². The van der Waals surface area contributed by atoms with E-state index in [4.69, 9.17) is 16.3 Å². The van der Waals surface area contributed by atoms with Crippen molar-refractivity contribution in [2.45, 2.75) is 10.3 Å². The molecule has 27 heavy (non-hydrogen) atoms. The van der Waals surface area contributed by atoms with Gasteiger partial charge in [-0.3, -0.25) is 0 Å². The van der Waals surface area contributed by atoms with E-state index in [2.05, 4.69) is 10.6 Å². The Kier molecular flexibility index (Phi) is 5.54. The average Bonchev–Trinajstić information content (AvgIpc) is 3.16. The number of esters is 1. The van der Waals surface area contributed by atoms with Crippen LogP contribution in [-0.2, 0) is 19.4 Å². The van der Waals surface area contributed by atoms with E-state index in [1.807, 2.05) is 0 Å². The van der Waals surface area contributed by atoms with Crippen molar-refractivity contribution in [1.82, 2.24) is 10.6 Å². The second-order valence-electron chi connectivity index (χ2n) is 5.66. The number of amides is 2. The first-order valence-electron chi connectivity index (χ1n) is 7.72. The number of halogens is 1. The lowest BCUT2D eigenvalue weighted by atomic mass is 9.95. The molecule has 0 saturated heterocycles. The quantitative estimate of drug-likeness (QED) is 0.715. The molecule has 0 aliphatic carbocycles. The molecule has 1 aliphatic rings. The van der Waals surface area contributed by atoms with Gasteiger partial charge < -0.3 is 15.4 Å². The summed E-state index contributed by atoms with van der Waals surface area (Å²) < 4.78 is 30.3. The molecular weight excluding hydrogens is 412 g/mol. The van der Waals surface area contributed by atoms with Gasteiger partial charge >= 0.3 is 12.0 Å². The van der Waals surface area contributed by atoms with E-state index in [9.17, 15) is 18.0 Å². The molecule has 142 valence electrons. The summed E-state index contributed by atoms with van der Waals surface area (Å²) in [7, 11) is -2.56. The van der Waals surface area contributed by atoms with Crippen molar-refractivity contribution in [2.24, 2.45) is 0 Å². The molecule has 0 fully saturated rings. The number of hydrogen-bond acceptors (Lipinski definition) is 6. The number of benzene rings is 1. The van der Waals surface area contributed by atoms with Crippen molar-refractivity contribution in [3.05, 3.63) is 63.6 Å². The molecule has 1 aliphatic heterocycles. The highest BCUT2D eigenvalue weighted by atomic mass is 35.5. The van der Waals surface area contributed by atoms with Crippen LogP contribution in [0.1, 0.15) is 11.6 Å². The highest BCUT2D eigenvalue weighted by Crippen LogP contribution is 2.30. The lowest BCUT2D eigenvalue weighted by Crippen LogP contribution is -2.47. The number of thiophene rings is 1. The molecule has 1 unspecified atom stereocenters. The number of nitrogens with one attached hydrogen (secondary N) is 2. The van der Waals surface area contributed by atoms with Crippen LogP contribution in [0.5, 0.6) is 0 Å². The molecule has 1 aromatic carbocycles. The zero-order valence-electron chi connectivity index (χ0n) is 14.1. The van der Waals surface area contributed by atoms with Crippen LogP contribution in [0, 0.1) is 0 Å². The van der Waals surface area contributed by atoms with E-state index in [0.29, 0.717) is 10.6 Å². The number of carbonyl (C=O) groups excluding carboxylic acids is 2. The summed E-state index contributed by atoms with van der Waals surface area (Å²) in [6.07, 6.45) is 0. The van der Waals surface area contributed by atoms with Crippen molar-refractivity contribution in [2.75, 3.05) is 12.9 Å². The second-order valence-corrected chi connectivity index (χ2v) is 9.26. The fourth-order valence-corrected chi connectivity index (χ4v) is 5.33. The van der Waals surface area contributed by atoms with E-state index in [-0.39, 0.29) is 15.5 Å². The molecule has 2 heterocycles. The van der Waals surface area contributed by atoms with Gasteiger partial charge in [-0.25, -0.2) is 18.0 Å². The third-order valence-electron chi connectivity index (χ3n) is 3.88. The summed E-state index contributed by atoms with van der Waals surface area (Å²) in [6, 6.07) is 8.16. The Hall–Kier alpha value is -2.36. The lowest BCUT2D eigenvalue weighted by molar-refractivity contribution is -0.136. The maximum atomic E-state index is 12.7. The molecule has 10 heteroatoms. The van der Waals surface area contributed by atoms with Crippen LogP contribution >= 0.6 is 22.9 Å². The number of ether oxygens (including phenoxy) is 1. The predicted molar refractivity (Wildman–Crippen MR) is 101 cm³/mol. The van der Waals surface area contributed by atoms with Crippen molar-refractivity contribution in [3.63, 3.8) is 0 Å². The Bertz CT molecular complexity index is 1020. The van der Waals surface area contributed by atoms with E-state index in [1.165, 1.54) is 13.2 Å². The zero-order valence-corrected chi connectivity index (χ0v) is 16.5. The molecule has 0 saturated carbocycles. The summed E-state index contributed by atoms with van der Waals surface area (Å²) in [4.78, 5) is 24.6. The van der Waals surface area contributed by atoms with Gasteiger partial charge in [-0.05, 0) is 29.1 Å². The highest BCUT2D eigenvalue weighted by Gasteiger charge is 2.35. The van der Waals surface area contributed by atoms with Gasteiger partial charge in [0, 0.05) is 10.7 Å². The minimum Gasteiger partial charge on any atom is -0.466 e. The monoisotopic (exact) mass is 426 g/mol. The average molecular weight is 427 g/mol. The molecule has 7 nitrogen and oxygen atoms in total. The molecule has 0 bridgehead atoms. The molecular formula is C17H15ClN2O5S2. The Morgan fingerprint density at radius 1 is 1.30 bits per heavy atom. The fraction of sp³-hybridized carbons (Fsp3) is 0.176. The van der Waals surface area contributed by atoms with Gasteiger partial charge in [-0.2, -0.15) is 0 Å². The van der Waals surface area contributed by atoms with Crippen molar-refractivity contribution >= 4 is 44.8 Å². The number of sulfone groups is 1. The van der Waals surface area contributed by atoms with Crippen LogP contribution in [0.25, 0.3) is 0 Å². The van der Waals surface area contributed by atoms with Crippen molar-refractivity contribution in [1.29, 1.82) is 0 Å². The Morgan fingerprint density at radius 3 is 2.70 bits per heavy atom. The van der Waals surface area contributed by atoms with Gasteiger partial charge in [0.05, 0.1) is 24.5 Å². The number of methoxy groups -OCH3 is 1. The topological polar surface area (TPSA) is 102 Å². The molecule has 1 atom stereocenters. The number of hydrogen-bond donors (Lipinski definition) is 2. The van der Waals surface area contributed by atoms with E-state index in [1.54, 1.807) is 35.7 Å². The molecule has 2 N–H and O–H groups in total. The maximum Gasteiger partial charge on any atom is 0.338 e. The normalized spacial score (nSPS) is 17.3. The molecule has 2 amide bonds. The standard InChI is InChI=1S/C17H15ClN2O5S2/c1-25-16(21)14-12(9-27(23,24)13-6-3-7-26-13)19-17(22)20-15(14)10-4-2-5-11(18)8-10/h2-8,15H,9H2,1H3,(H2,19,20,22). The Balaban J connectivity index is 2.11. The van der Waals surface area contributed by atoms with Gasteiger partial charge in [-0.1, -0.05) is 29.8 Å². The van der Waals surface area contributed by atoms with Crippen LogP contribution < -0.4 is 10.6 Å². The summed E-state index contributed by atoms with van der Waals surface area (Å²) in [5.74, 6) is -1.29. The first-order chi connectivity index (χ1) is 12.8. The summed E-state index contributed by atoms with van der Waals surface area (Å²) in [5, 5.41) is 7.10. The molecule has 1 aromatic heterocycles. The van der Waals surface area contributed by atoms with Crippen molar-refractivity contribution < 1.29 is 22.7 Å². The Morgan fingerprint density at radius 2 is 2.07 bits per heavy atom. The predicted octanol–water partition coefficient (Wildman–Crippen LogP) is 2.66. The number of carbonyl (C=O) groups is 2. The maximum absolute atomic E-state index is 12.7. The van der Waals surface area contributed by atoms with Crippen LogP contribution in [0.15, 0.2) is 57.3 Å². The zero-order chi connectivity index (χ0) is 19.6. The lowest BCUT2D eigenvalue weighted by Gasteiger charge is -2.29. The van der Waals surface area contributed by atoms with E-state index < -0.39 is 33.6 Å². The molecule has 0 radical (unpaired) electrons. The smallest absolute Gasteiger partial charge is 0.338 e. The molecule has 0 spiro atoms. The SMILES string of the molecule is COC(=O)C1=C(CS(=O)(=O)c2cccs2)NC(=O)NC1c1cccc(Cl)c1. The first-order valence-corrected chi connectivity index (χ1v) is 10.6. The second kappa shape index (κ2) is 7.71. The number of urea groups is 1. The van der Waals surface area contributed by atoms with Gasteiger partial charge in [0.15, 0.2) is 9.84 Å². The van der Waals surface area contributed by atoms with Gasteiger partial charge in [-0.15, -0.1) is 11.3 Å². The molecule has 2 aromatic rings. The number of rotatable bonds is 5. The third kappa shape index (κ3) is 4.15. The van der Waals surface area contributed by atoms with Gasteiger partial charge in [0.25, 0.3) is 0 Å². The summed E-state index contributed by atoms with van der Waals surface area (Å²) >= 11 is 7.08. The summed E-state index contributed by atoms with van der Waals surface area (Å²) in [5.41, 5.74) is 0.521. The van der Waals surface area contributed by atoms with Crippen LogP contribution in [0.2, 0.25) is 5.02 Å². The van der Waals surface area contributed by atoms with E-state index in [0.717, 1.165) is 11.3 Å². The first kappa shape index (κ1) is 19.4. The Labute approximate surface area is 164 Å². The minimum absolute atomic E-state index is 0.0134. The van der Waals surface area contributed by atoms with Crippen molar-refractivity contribution in [3.8, 4) is 0 Å². The third-order valence-corrected chi connectivity index (χ3v) is 7.24. The largest absolute Gasteiger partial charge is 0.466 e. The highest BCUT2D eigenvalue weighted by molar-refractivity contribution is 7.93. The summed E-state index contributed by atoms with van der Waals surface area (Å²) in [6.45, 7) is 0. The fourth-order valence-electron chi connectivity index (χ4n) is 2.72. The molecule has 3 rings (SSSR count).